The van der Waals surface area contributed by atoms with Gasteiger partial charge in [0.15, 0.2) is 5.65 Å². The molecule has 0 aliphatic carbocycles. The summed E-state index contributed by atoms with van der Waals surface area (Å²) in [5.41, 5.74) is 1.47. The van der Waals surface area contributed by atoms with E-state index >= 15 is 0 Å². The fraction of sp³-hybridized carbons (Fsp3) is 0.364. The van der Waals surface area contributed by atoms with Crippen LogP contribution in [0.3, 0.4) is 0 Å². The summed E-state index contributed by atoms with van der Waals surface area (Å²) in [6.07, 6.45) is 3.45. The molecule has 0 saturated carbocycles. The SMILES string of the molecule is CC(C)(C)Nc1cnc2cccnc2n1. The van der Waals surface area contributed by atoms with Gasteiger partial charge in [-0.1, -0.05) is 0 Å². The van der Waals surface area contributed by atoms with Gasteiger partial charge in [-0.25, -0.2) is 15.0 Å². The zero-order valence-electron chi connectivity index (χ0n) is 9.15. The van der Waals surface area contributed by atoms with Gasteiger partial charge in [0, 0.05) is 11.7 Å². The minimum Gasteiger partial charge on any atom is -0.364 e. The Morgan fingerprint density at radius 3 is 2.73 bits per heavy atom. The maximum atomic E-state index is 4.38. The molecule has 78 valence electrons. The number of hydrogen-bond acceptors (Lipinski definition) is 4. The molecule has 4 heteroatoms. The molecule has 0 aromatic carbocycles. The van der Waals surface area contributed by atoms with Gasteiger partial charge in [-0.3, -0.25) is 0 Å². The first-order chi connectivity index (χ1) is 7.04. The van der Waals surface area contributed by atoms with E-state index in [1.807, 2.05) is 12.1 Å². The highest BCUT2D eigenvalue weighted by Gasteiger charge is 2.10. The lowest BCUT2D eigenvalue weighted by Gasteiger charge is -2.20. The maximum Gasteiger partial charge on any atom is 0.180 e. The molecule has 2 heterocycles. The first-order valence-electron chi connectivity index (χ1n) is 4.90. The normalized spacial score (nSPS) is 11.7. The van der Waals surface area contributed by atoms with Crippen LogP contribution in [0.25, 0.3) is 11.2 Å². The highest BCUT2D eigenvalue weighted by molar-refractivity contribution is 5.70. The van der Waals surface area contributed by atoms with Crippen molar-refractivity contribution in [2.75, 3.05) is 5.32 Å². The van der Waals surface area contributed by atoms with Gasteiger partial charge in [0.25, 0.3) is 0 Å². The Hall–Kier alpha value is -1.71. The lowest BCUT2D eigenvalue weighted by molar-refractivity contribution is 0.630. The lowest BCUT2D eigenvalue weighted by Crippen LogP contribution is -2.26. The van der Waals surface area contributed by atoms with Crippen LogP contribution >= 0.6 is 0 Å². The van der Waals surface area contributed by atoms with E-state index in [0.717, 1.165) is 11.3 Å². The summed E-state index contributed by atoms with van der Waals surface area (Å²) < 4.78 is 0. The van der Waals surface area contributed by atoms with Crippen LogP contribution in [0.2, 0.25) is 0 Å². The molecule has 0 atom stereocenters. The summed E-state index contributed by atoms with van der Waals surface area (Å²) in [5.74, 6) is 0.758. The molecule has 2 aromatic heterocycles. The summed E-state index contributed by atoms with van der Waals surface area (Å²) in [4.78, 5) is 12.8. The van der Waals surface area contributed by atoms with Gasteiger partial charge < -0.3 is 5.32 Å². The fourth-order valence-electron chi connectivity index (χ4n) is 1.29. The van der Waals surface area contributed by atoms with Crippen LogP contribution in [0.15, 0.2) is 24.5 Å². The number of hydrogen-bond donors (Lipinski definition) is 1. The van der Waals surface area contributed by atoms with Crippen LogP contribution in [0.5, 0.6) is 0 Å². The van der Waals surface area contributed by atoms with Crippen LogP contribution < -0.4 is 5.32 Å². The minimum atomic E-state index is -0.0167. The molecule has 0 unspecified atom stereocenters. The third-order valence-electron chi connectivity index (χ3n) is 1.82. The molecule has 0 saturated heterocycles. The Morgan fingerprint density at radius 1 is 1.20 bits per heavy atom. The van der Waals surface area contributed by atoms with Gasteiger partial charge in [-0.2, -0.15) is 0 Å². The summed E-state index contributed by atoms with van der Waals surface area (Å²) in [5, 5.41) is 3.26. The molecule has 2 rings (SSSR count). The van der Waals surface area contributed by atoms with Crippen LogP contribution in [-0.2, 0) is 0 Å². The molecule has 4 nitrogen and oxygen atoms in total. The van der Waals surface area contributed by atoms with Crippen molar-refractivity contribution in [1.82, 2.24) is 15.0 Å². The summed E-state index contributed by atoms with van der Waals surface area (Å²) in [6, 6.07) is 3.75. The molecule has 1 N–H and O–H groups in total. The fourth-order valence-corrected chi connectivity index (χ4v) is 1.29. The number of anilines is 1. The Kier molecular flexibility index (Phi) is 2.26. The first kappa shape index (κ1) is 9.83. The van der Waals surface area contributed by atoms with Crippen molar-refractivity contribution in [2.45, 2.75) is 26.3 Å². The zero-order chi connectivity index (χ0) is 10.9. The second kappa shape index (κ2) is 3.46. The van der Waals surface area contributed by atoms with Crippen LogP contribution in [0, 0.1) is 0 Å². The van der Waals surface area contributed by atoms with E-state index in [9.17, 15) is 0 Å². The van der Waals surface area contributed by atoms with E-state index in [0.29, 0.717) is 5.65 Å². The standard InChI is InChI=1S/C11H14N4/c1-11(2,3)15-9-7-13-8-5-4-6-12-10(8)14-9/h4-7H,1-3H3,(H,12,14,15). The van der Waals surface area contributed by atoms with Gasteiger partial charge in [0.2, 0.25) is 0 Å². The number of nitrogens with one attached hydrogen (secondary N) is 1. The van der Waals surface area contributed by atoms with Crippen LogP contribution in [-0.4, -0.2) is 20.5 Å². The first-order valence-corrected chi connectivity index (χ1v) is 4.90. The molecule has 15 heavy (non-hydrogen) atoms. The highest BCUT2D eigenvalue weighted by Crippen LogP contribution is 2.13. The Morgan fingerprint density at radius 2 is 2.00 bits per heavy atom. The Balaban J connectivity index is 2.39. The maximum absolute atomic E-state index is 4.38. The van der Waals surface area contributed by atoms with Gasteiger partial charge in [0.1, 0.15) is 11.3 Å². The van der Waals surface area contributed by atoms with Gasteiger partial charge in [-0.15, -0.1) is 0 Å². The predicted molar refractivity (Wildman–Crippen MR) is 60.7 cm³/mol. The monoisotopic (exact) mass is 202 g/mol. The zero-order valence-corrected chi connectivity index (χ0v) is 9.15. The van der Waals surface area contributed by atoms with Crippen molar-refractivity contribution in [3.63, 3.8) is 0 Å². The smallest absolute Gasteiger partial charge is 0.180 e. The summed E-state index contributed by atoms with van der Waals surface area (Å²) >= 11 is 0. The molecule has 0 amide bonds. The third kappa shape index (κ3) is 2.40. The number of pyridine rings is 1. The highest BCUT2D eigenvalue weighted by atomic mass is 15.1. The van der Waals surface area contributed by atoms with Crippen molar-refractivity contribution < 1.29 is 0 Å². The quantitative estimate of drug-likeness (QED) is 0.770. The van der Waals surface area contributed by atoms with E-state index in [1.165, 1.54) is 0 Å². The van der Waals surface area contributed by atoms with E-state index < -0.39 is 0 Å². The van der Waals surface area contributed by atoms with Crippen molar-refractivity contribution in [3.05, 3.63) is 24.5 Å². The van der Waals surface area contributed by atoms with Gasteiger partial charge in [0.05, 0.1) is 6.20 Å². The summed E-state index contributed by atoms with van der Waals surface area (Å²) in [7, 11) is 0. The molecule has 2 aromatic rings. The van der Waals surface area contributed by atoms with Crippen molar-refractivity contribution >= 4 is 17.0 Å². The molecular formula is C11H14N4. The van der Waals surface area contributed by atoms with Crippen LogP contribution in [0.4, 0.5) is 5.82 Å². The molecule has 0 aliphatic rings. The molecule has 0 aliphatic heterocycles. The van der Waals surface area contributed by atoms with Crippen molar-refractivity contribution in [2.24, 2.45) is 0 Å². The van der Waals surface area contributed by atoms with E-state index in [1.54, 1.807) is 12.4 Å². The van der Waals surface area contributed by atoms with E-state index in [4.69, 9.17) is 0 Å². The van der Waals surface area contributed by atoms with Crippen molar-refractivity contribution in [3.8, 4) is 0 Å². The van der Waals surface area contributed by atoms with E-state index in [-0.39, 0.29) is 5.54 Å². The molecule has 0 bridgehead atoms. The van der Waals surface area contributed by atoms with Gasteiger partial charge in [-0.05, 0) is 32.9 Å². The lowest BCUT2D eigenvalue weighted by atomic mass is 10.1. The number of aromatic nitrogens is 3. The van der Waals surface area contributed by atoms with Crippen molar-refractivity contribution in [1.29, 1.82) is 0 Å². The molecule has 0 radical (unpaired) electrons. The second-order valence-electron chi connectivity index (χ2n) is 4.48. The number of nitrogens with zero attached hydrogens (tertiary/aromatic N) is 3. The topological polar surface area (TPSA) is 50.7 Å². The Bertz CT molecular complexity index is 473. The number of rotatable bonds is 1. The van der Waals surface area contributed by atoms with Gasteiger partial charge >= 0.3 is 0 Å². The molecular weight excluding hydrogens is 188 g/mol. The second-order valence-corrected chi connectivity index (χ2v) is 4.48. The summed E-state index contributed by atoms with van der Waals surface area (Å²) in [6.45, 7) is 6.24. The largest absolute Gasteiger partial charge is 0.364 e. The number of fused-ring (bicyclic) bond motifs is 1. The predicted octanol–water partition coefficient (Wildman–Crippen LogP) is 2.24. The molecule has 0 spiro atoms. The average Bonchev–Trinajstić information content (AvgIpc) is 2.15. The van der Waals surface area contributed by atoms with E-state index in [2.05, 4.69) is 41.0 Å². The van der Waals surface area contributed by atoms with Crippen LogP contribution in [0.1, 0.15) is 20.8 Å². The average molecular weight is 202 g/mol. The minimum absolute atomic E-state index is 0.0167. The molecule has 0 fully saturated rings. The Labute approximate surface area is 88.8 Å². The third-order valence-corrected chi connectivity index (χ3v) is 1.82.